The van der Waals surface area contributed by atoms with Gasteiger partial charge in [-0.3, -0.25) is 4.98 Å². The molecule has 1 aliphatic rings. The number of rotatable bonds is 4. The predicted octanol–water partition coefficient (Wildman–Crippen LogP) is 4.35. The highest BCUT2D eigenvalue weighted by Crippen LogP contribution is 2.33. The van der Waals surface area contributed by atoms with E-state index in [0.717, 1.165) is 0 Å². The third-order valence-corrected chi connectivity index (χ3v) is 7.10. The Morgan fingerprint density at radius 1 is 0.923 bits per heavy atom. The van der Waals surface area contributed by atoms with Crippen LogP contribution in [0.4, 0.5) is 5.69 Å². The third kappa shape index (κ3) is 4.38. The molecule has 0 unspecified atom stereocenters. The Morgan fingerprint density at radius 3 is 2.12 bits per heavy atom. The van der Waals surface area contributed by atoms with Crippen LogP contribution in [0.15, 0.2) is 30.6 Å². The average molecular weight is 455 g/mol. The first kappa shape index (κ1) is 20.0. The monoisotopic (exact) mass is 453 g/mol. The molecule has 1 aliphatic heterocycles. The van der Waals surface area contributed by atoms with E-state index in [2.05, 4.69) is 4.98 Å². The summed E-state index contributed by atoms with van der Waals surface area (Å²) in [7, 11) is -3.50. The van der Waals surface area contributed by atoms with E-state index < -0.39 is 10.0 Å². The van der Waals surface area contributed by atoms with Crippen LogP contribution < -0.4 is 4.90 Å². The largest absolute Gasteiger partial charge is 0.366 e. The second kappa shape index (κ2) is 8.09. The number of sulfonamides is 1. The fourth-order valence-electron chi connectivity index (χ4n) is 2.82. The van der Waals surface area contributed by atoms with E-state index in [1.165, 1.54) is 16.7 Å². The lowest BCUT2D eigenvalue weighted by Crippen LogP contribution is -2.49. The first-order valence-corrected chi connectivity index (χ1v) is 10.9. The van der Waals surface area contributed by atoms with Crippen LogP contribution in [0.5, 0.6) is 0 Å². The van der Waals surface area contributed by atoms with Gasteiger partial charge in [0.15, 0.2) is 0 Å². The first-order chi connectivity index (χ1) is 12.3. The number of piperazine rings is 1. The Bertz CT molecular complexity index is 895. The summed E-state index contributed by atoms with van der Waals surface area (Å²) in [5.74, 6) is -0.167. The van der Waals surface area contributed by atoms with Gasteiger partial charge in [-0.2, -0.15) is 4.31 Å². The minimum atomic E-state index is -3.50. The molecule has 5 nitrogen and oxygen atoms in total. The molecule has 0 bridgehead atoms. The fourth-order valence-corrected chi connectivity index (χ4v) is 5.53. The molecule has 0 atom stereocenters. The van der Waals surface area contributed by atoms with E-state index in [4.69, 9.17) is 46.4 Å². The summed E-state index contributed by atoms with van der Waals surface area (Å²) in [5.41, 5.74) is 1.21. The molecule has 0 amide bonds. The summed E-state index contributed by atoms with van der Waals surface area (Å²) in [5, 5.41) is 1.70. The number of anilines is 1. The maximum atomic E-state index is 12.7. The van der Waals surface area contributed by atoms with Crippen molar-refractivity contribution < 1.29 is 8.42 Å². The molecule has 2 heterocycles. The maximum absolute atomic E-state index is 12.7. The smallest absolute Gasteiger partial charge is 0.218 e. The lowest BCUT2D eigenvalue weighted by Gasteiger charge is -2.36. The molecule has 1 saturated heterocycles. The van der Waals surface area contributed by atoms with Gasteiger partial charge >= 0.3 is 0 Å². The van der Waals surface area contributed by atoms with E-state index in [9.17, 15) is 8.42 Å². The summed E-state index contributed by atoms with van der Waals surface area (Å²) in [6.07, 6.45) is 3.04. The zero-order valence-electron chi connectivity index (χ0n) is 13.5. The van der Waals surface area contributed by atoms with Gasteiger partial charge in [0.25, 0.3) is 0 Å². The van der Waals surface area contributed by atoms with Crippen LogP contribution in [0.2, 0.25) is 20.1 Å². The van der Waals surface area contributed by atoms with Crippen molar-refractivity contribution in [1.29, 1.82) is 0 Å². The van der Waals surface area contributed by atoms with Crippen molar-refractivity contribution in [2.24, 2.45) is 0 Å². The maximum Gasteiger partial charge on any atom is 0.218 e. The molecule has 3 rings (SSSR count). The quantitative estimate of drug-likeness (QED) is 0.689. The van der Waals surface area contributed by atoms with E-state index in [1.54, 1.807) is 18.2 Å². The highest BCUT2D eigenvalue weighted by Gasteiger charge is 2.29. The number of halogens is 4. The Balaban J connectivity index is 1.71. The van der Waals surface area contributed by atoms with Gasteiger partial charge in [0, 0.05) is 48.6 Å². The second-order valence-corrected chi connectivity index (χ2v) is 9.46. The molecule has 26 heavy (non-hydrogen) atoms. The second-order valence-electron chi connectivity index (χ2n) is 5.83. The number of hydrogen-bond acceptors (Lipinski definition) is 4. The fraction of sp³-hybridized carbons (Fsp3) is 0.312. The van der Waals surface area contributed by atoms with Gasteiger partial charge in [0.1, 0.15) is 0 Å². The molecule has 2 aromatic rings. The summed E-state index contributed by atoms with van der Waals surface area (Å²) in [6.45, 7) is 1.64. The zero-order chi connectivity index (χ0) is 18.9. The van der Waals surface area contributed by atoms with Gasteiger partial charge in [-0.15, -0.1) is 0 Å². The van der Waals surface area contributed by atoms with E-state index in [0.29, 0.717) is 57.5 Å². The Morgan fingerprint density at radius 2 is 1.54 bits per heavy atom. The zero-order valence-corrected chi connectivity index (χ0v) is 17.3. The van der Waals surface area contributed by atoms with Gasteiger partial charge in [-0.05, 0) is 17.7 Å². The average Bonchev–Trinajstić information content (AvgIpc) is 2.58. The van der Waals surface area contributed by atoms with Crippen LogP contribution in [-0.4, -0.2) is 43.9 Å². The summed E-state index contributed by atoms with van der Waals surface area (Å²) in [6, 6.07) is 4.80. The van der Waals surface area contributed by atoms with Crippen LogP contribution in [0.1, 0.15) is 5.56 Å². The molecule has 140 valence electrons. The highest BCUT2D eigenvalue weighted by molar-refractivity contribution is 7.88. The van der Waals surface area contributed by atoms with Crippen molar-refractivity contribution in [2.75, 3.05) is 31.1 Å². The van der Waals surface area contributed by atoms with Crippen molar-refractivity contribution >= 4 is 62.1 Å². The van der Waals surface area contributed by atoms with Crippen molar-refractivity contribution in [3.8, 4) is 0 Å². The molecule has 0 spiro atoms. The molecule has 10 heteroatoms. The van der Waals surface area contributed by atoms with Crippen molar-refractivity contribution in [2.45, 2.75) is 5.75 Å². The molecule has 1 fully saturated rings. The van der Waals surface area contributed by atoms with Crippen molar-refractivity contribution in [1.82, 2.24) is 9.29 Å². The lowest BCUT2D eigenvalue weighted by atomic mass is 10.2. The van der Waals surface area contributed by atoms with Crippen molar-refractivity contribution in [3.63, 3.8) is 0 Å². The van der Waals surface area contributed by atoms with Crippen LogP contribution in [0.3, 0.4) is 0 Å². The van der Waals surface area contributed by atoms with Crippen molar-refractivity contribution in [3.05, 3.63) is 56.2 Å². The number of nitrogens with zero attached hydrogens (tertiary/aromatic N) is 3. The van der Waals surface area contributed by atoms with Crippen LogP contribution in [0, 0.1) is 0 Å². The first-order valence-electron chi connectivity index (χ1n) is 7.73. The predicted molar refractivity (Wildman–Crippen MR) is 107 cm³/mol. The number of aromatic nitrogens is 1. The van der Waals surface area contributed by atoms with Gasteiger partial charge in [0.2, 0.25) is 10.0 Å². The minimum absolute atomic E-state index is 0.167. The Labute approximate surface area is 172 Å². The number of pyridine rings is 1. The van der Waals surface area contributed by atoms with Gasteiger partial charge in [0.05, 0.1) is 21.5 Å². The highest BCUT2D eigenvalue weighted by atomic mass is 35.5. The van der Waals surface area contributed by atoms with E-state index in [-0.39, 0.29) is 5.75 Å². The Kier molecular flexibility index (Phi) is 6.22. The molecule has 0 saturated carbocycles. The summed E-state index contributed by atoms with van der Waals surface area (Å²) >= 11 is 24.3. The molecular weight excluding hydrogens is 440 g/mol. The minimum Gasteiger partial charge on any atom is -0.366 e. The summed E-state index contributed by atoms with van der Waals surface area (Å²) < 4.78 is 26.9. The van der Waals surface area contributed by atoms with Gasteiger partial charge in [-0.1, -0.05) is 52.5 Å². The van der Waals surface area contributed by atoms with Crippen LogP contribution >= 0.6 is 46.4 Å². The third-order valence-electron chi connectivity index (χ3n) is 4.13. The van der Waals surface area contributed by atoms with Gasteiger partial charge < -0.3 is 4.90 Å². The lowest BCUT2D eigenvalue weighted by molar-refractivity contribution is 0.384. The van der Waals surface area contributed by atoms with Crippen LogP contribution in [0.25, 0.3) is 0 Å². The molecule has 0 N–H and O–H groups in total. The molecular formula is C16H15Cl4N3O2S. The van der Waals surface area contributed by atoms with Crippen LogP contribution in [-0.2, 0) is 15.8 Å². The standard InChI is InChI=1S/C16H15Cl4N3O2S/c17-12-2-1-11(13(18)7-12)10-26(24,25)23-5-3-22(4-6-23)16-14(19)8-21-9-15(16)20/h1-2,7-9H,3-6,10H2. The molecule has 1 aromatic carbocycles. The SMILES string of the molecule is O=S(=O)(Cc1ccc(Cl)cc1Cl)N1CCN(c2c(Cl)cncc2Cl)CC1. The van der Waals surface area contributed by atoms with Gasteiger partial charge in [-0.25, -0.2) is 8.42 Å². The molecule has 1 aromatic heterocycles. The van der Waals surface area contributed by atoms with E-state index >= 15 is 0 Å². The number of hydrogen-bond donors (Lipinski definition) is 0. The molecule has 0 aliphatic carbocycles. The normalized spacial score (nSPS) is 16.1. The molecule has 0 radical (unpaired) electrons. The Hall–Kier alpha value is -0.760. The summed E-state index contributed by atoms with van der Waals surface area (Å²) in [4.78, 5) is 5.90. The van der Waals surface area contributed by atoms with E-state index in [1.807, 2.05) is 4.90 Å². The number of benzene rings is 1. The topological polar surface area (TPSA) is 53.5 Å².